The van der Waals surface area contributed by atoms with Gasteiger partial charge in [-0.05, 0) is 31.9 Å². The van der Waals surface area contributed by atoms with Gasteiger partial charge in [-0.25, -0.2) is 13.2 Å². The first-order valence-corrected chi connectivity index (χ1v) is 7.17. The minimum Gasteiger partial charge on any atom is -0.379 e. The Hall–Kier alpha value is -1.11. The number of benzene rings is 1. The molecule has 0 fully saturated rings. The molecule has 2 N–H and O–H groups in total. The van der Waals surface area contributed by atoms with Crippen LogP contribution in [0.5, 0.6) is 0 Å². The molecule has 0 aliphatic carbocycles. The maximum absolute atomic E-state index is 13.8. The average Bonchev–Trinajstić information content (AvgIpc) is 2.78. The summed E-state index contributed by atoms with van der Waals surface area (Å²) in [6.07, 6.45) is 0.918. The van der Waals surface area contributed by atoms with Gasteiger partial charge in [-0.1, -0.05) is 0 Å². The summed E-state index contributed by atoms with van der Waals surface area (Å²) in [6, 6.07) is 0.791. The monoisotopic (exact) mass is 302 g/mol. The summed E-state index contributed by atoms with van der Waals surface area (Å²) in [6.45, 7) is 5.63. The standard InChI is InChI=1S/C15H21F3N2O/c1-9(2)21-5-3-4-20-8-11-10(13(20)7-19)6-12(16)15(18)14(11)17/h6,9,13H,3-5,7-8,19H2,1-2H3. The molecular weight excluding hydrogens is 281 g/mol. The van der Waals surface area contributed by atoms with Gasteiger partial charge < -0.3 is 10.5 Å². The van der Waals surface area contributed by atoms with E-state index < -0.39 is 17.5 Å². The summed E-state index contributed by atoms with van der Waals surface area (Å²) in [7, 11) is 0. The Bertz CT molecular complexity index is 508. The number of halogens is 3. The van der Waals surface area contributed by atoms with Crippen molar-refractivity contribution in [3.8, 4) is 0 Å². The lowest BCUT2D eigenvalue weighted by molar-refractivity contribution is 0.0675. The quantitative estimate of drug-likeness (QED) is 0.648. The van der Waals surface area contributed by atoms with E-state index in [1.54, 1.807) is 0 Å². The highest BCUT2D eigenvalue weighted by molar-refractivity contribution is 5.37. The van der Waals surface area contributed by atoms with Gasteiger partial charge in [-0.2, -0.15) is 0 Å². The third kappa shape index (κ3) is 3.39. The molecule has 0 saturated carbocycles. The van der Waals surface area contributed by atoms with Gasteiger partial charge >= 0.3 is 0 Å². The number of ether oxygens (including phenoxy) is 1. The van der Waals surface area contributed by atoms with Crippen LogP contribution < -0.4 is 5.73 Å². The van der Waals surface area contributed by atoms with Crippen LogP contribution in [0.15, 0.2) is 6.07 Å². The molecule has 0 aromatic heterocycles. The van der Waals surface area contributed by atoms with Crippen molar-refractivity contribution in [2.24, 2.45) is 5.73 Å². The zero-order valence-corrected chi connectivity index (χ0v) is 12.3. The molecule has 1 aromatic rings. The van der Waals surface area contributed by atoms with Gasteiger partial charge in [0.1, 0.15) is 0 Å². The summed E-state index contributed by atoms with van der Waals surface area (Å²) in [4.78, 5) is 1.94. The molecule has 21 heavy (non-hydrogen) atoms. The van der Waals surface area contributed by atoms with E-state index in [9.17, 15) is 13.2 Å². The second kappa shape index (κ2) is 6.77. The maximum Gasteiger partial charge on any atom is 0.194 e. The van der Waals surface area contributed by atoms with Crippen molar-refractivity contribution < 1.29 is 17.9 Å². The van der Waals surface area contributed by atoms with Gasteiger partial charge in [-0.15, -0.1) is 0 Å². The smallest absolute Gasteiger partial charge is 0.194 e. The number of rotatable bonds is 6. The number of hydrogen-bond donors (Lipinski definition) is 1. The van der Waals surface area contributed by atoms with Crippen molar-refractivity contribution in [3.63, 3.8) is 0 Å². The molecule has 1 aromatic carbocycles. The van der Waals surface area contributed by atoms with E-state index in [4.69, 9.17) is 10.5 Å². The van der Waals surface area contributed by atoms with E-state index >= 15 is 0 Å². The highest BCUT2D eigenvalue weighted by Gasteiger charge is 2.33. The van der Waals surface area contributed by atoms with Crippen LogP contribution in [0.3, 0.4) is 0 Å². The first-order chi connectivity index (χ1) is 9.95. The van der Waals surface area contributed by atoms with Gasteiger partial charge in [0.2, 0.25) is 0 Å². The van der Waals surface area contributed by atoms with Crippen LogP contribution in [0.2, 0.25) is 0 Å². The van der Waals surface area contributed by atoms with Crippen molar-refractivity contribution >= 4 is 0 Å². The van der Waals surface area contributed by atoms with Crippen LogP contribution in [0.25, 0.3) is 0 Å². The van der Waals surface area contributed by atoms with Crippen molar-refractivity contribution in [1.29, 1.82) is 0 Å². The number of nitrogens with two attached hydrogens (primary N) is 1. The van der Waals surface area contributed by atoms with E-state index in [1.807, 2.05) is 18.7 Å². The lowest BCUT2D eigenvalue weighted by atomic mass is 10.0. The zero-order chi connectivity index (χ0) is 15.6. The van der Waals surface area contributed by atoms with E-state index in [0.717, 1.165) is 12.5 Å². The van der Waals surface area contributed by atoms with Crippen molar-refractivity contribution in [2.45, 2.75) is 39.0 Å². The largest absolute Gasteiger partial charge is 0.379 e. The van der Waals surface area contributed by atoms with Crippen molar-refractivity contribution in [2.75, 3.05) is 19.7 Å². The molecule has 0 bridgehead atoms. The van der Waals surface area contributed by atoms with Gasteiger partial charge in [-0.3, -0.25) is 4.90 Å². The molecule has 1 heterocycles. The minimum absolute atomic E-state index is 0.159. The number of hydrogen-bond acceptors (Lipinski definition) is 3. The molecule has 6 heteroatoms. The second-order valence-corrected chi connectivity index (χ2v) is 5.55. The molecule has 1 unspecified atom stereocenters. The molecule has 0 radical (unpaired) electrons. The highest BCUT2D eigenvalue weighted by Crippen LogP contribution is 2.36. The average molecular weight is 302 g/mol. The van der Waals surface area contributed by atoms with Gasteiger partial charge in [0, 0.05) is 37.8 Å². The molecular formula is C15H21F3N2O. The molecule has 0 amide bonds. The summed E-state index contributed by atoms with van der Waals surface area (Å²) in [5.74, 6) is -3.66. The van der Waals surface area contributed by atoms with Crippen molar-refractivity contribution in [1.82, 2.24) is 4.90 Å². The Morgan fingerprint density at radius 3 is 2.67 bits per heavy atom. The lowest BCUT2D eigenvalue weighted by Gasteiger charge is -2.23. The first kappa shape index (κ1) is 16.3. The fraction of sp³-hybridized carbons (Fsp3) is 0.600. The molecule has 118 valence electrons. The van der Waals surface area contributed by atoms with Crippen LogP contribution >= 0.6 is 0 Å². The topological polar surface area (TPSA) is 38.5 Å². The Balaban J connectivity index is 2.08. The molecule has 0 saturated heterocycles. The maximum atomic E-state index is 13.8. The zero-order valence-electron chi connectivity index (χ0n) is 12.3. The Kier molecular flexibility index (Phi) is 5.24. The predicted octanol–water partition coefficient (Wildman–Crippen LogP) is 2.73. The Morgan fingerprint density at radius 2 is 2.05 bits per heavy atom. The third-order valence-electron chi connectivity index (χ3n) is 3.72. The normalized spacial score (nSPS) is 18.5. The molecule has 0 spiro atoms. The van der Waals surface area contributed by atoms with E-state index in [1.165, 1.54) is 0 Å². The molecule has 1 aliphatic rings. The molecule has 2 rings (SSSR count). The summed E-state index contributed by atoms with van der Waals surface area (Å²) < 4.78 is 46.0. The fourth-order valence-electron chi connectivity index (χ4n) is 2.72. The van der Waals surface area contributed by atoms with E-state index in [0.29, 0.717) is 18.7 Å². The van der Waals surface area contributed by atoms with Gasteiger partial charge in [0.05, 0.1) is 6.10 Å². The summed E-state index contributed by atoms with van der Waals surface area (Å²) in [5.41, 5.74) is 6.39. The minimum atomic E-state index is -1.41. The summed E-state index contributed by atoms with van der Waals surface area (Å²) >= 11 is 0. The van der Waals surface area contributed by atoms with Crippen LogP contribution in [0.4, 0.5) is 13.2 Å². The van der Waals surface area contributed by atoms with Crippen LogP contribution in [-0.2, 0) is 11.3 Å². The molecule has 1 atom stereocenters. The number of fused-ring (bicyclic) bond motifs is 1. The van der Waals surface area contributed by atoms with Crippen LogP contribution in [-0.4, -0.2) is 30.7 Å². The summed E-state index contributed by atoms with van der Waals surface area (Å²) in [5, 5.41) is 0. The van der Waals surface area contributed by atoms with E-state index in [2.05, 4.69) is 0 Å². The highest BCUT2D eigenvalue weighted by atomic mass is 19.2. The van der Waals surface area contributed by atoms with Crippen molar-refractivity contribution in [3.05, 3.63) is 34.6 Å². The fourth-order valence-corrected chi connectivity index (χ4v) is 2.72. The predicted molar refractivity (Wildman–Crippen MR) is 74.2 cm³/mol. The third-order valence-corrected chi connectivity index (χ3v) is 3.72. The molecule has 1 aliphatic heterocycles. The SMILES string of the molecule is CC(C)OCCCN1Cc2c(cc(F)c(F)c2F)C1CN. The van der Waals surface area contributed by atoms with Crippen LogP contribution in [0, 0.1) is 17.5 Å². The number of nitrogens with zero attached hydrogens (tertiary/aromatic N) is 1. The molecule has 3 nitrogen and oxygen atoms in total. The lowest BCUT2D eigenvalue weighted by Crippen LogP contribution is -2.29. The second-order valence-electron chi connectivity index (χ2n) is 5.55. The van der Waals surface area contributed by atoms with Gasteiger partial charge in [0.15, 0.2) is 17.5 Å². The Labute approximate surface area is 122 Å². The Morgan fingerprint density at radius 1 is 1.33 bits per heavy atom. The van der Waals surface area contributed by atoms with Gasteiger partial charge in [0.25, 0.3) is 0 Å². The first-order valence-electron chi connectivity index (χ1n) is 7.17. The van der Waals surface area contributed by atoms with E-state index in [-0.39, 0.29) is 30.8 Å². The van der Waals surface area contributed by atoms with Crippen LogP contribution in [0.1, 0.15) is 37.4 Å².